The molecule has 2 atom stereocenters. The van der Waals surface area contributed by atoms with Gasteiger partial charge < -0.3 is 9.84 Å². The van der Waals surface area contributed by atoms with Crippen molar-refractivity contribution in [2.45, 2.75) is 31.5 Å². The second kappa shape index (κ2) is 5.13. The molecule has 2 nitrogen and oxygen atoms in total. The SMILES string of the molecule is OC(CC1CCCO1)c1ccc(F)c(Cl)c1. The summed E-state index contributed by atoms with van der Waals surface area (Å²) in [7, 11) is 0. The van der Waals surface area contributed by atoms with Crippen molar-refractivity contribution in [3.05, 3.63) is 34.6 Å². The molecule has 0 aliphatic carbocycles. The monoisotopic (exact) mass is 244 g/mol. The average Bonchev–Trinajstić information content (AvgIpc) is 2.74. The lowest BCUT2D eigenvalue weighted by Gasteiger charge is -2.15. The van der Waals surface area contributed by atoms with E-state index in [9.17, 15) is 9.50 Å². The van der Waals surface area contributed by atoms with Gasteiger partial charge in [-0.05, 0) is 30.5 Å². The van der Waals surface area contributed by atoms with Crippen molar-refractivity contribution in [2.75, 3.05) is 6.61 Å². The largest absolute Gasteiger partial charge is 0.388 e. The second-order valence-electron chi connectivity index (χ2n) is 4.06. The molecule has 1 aromatic carbocycles. The van der Waals surface area contributed by atoms with E-state index in [0.717, 1.165) is 19.4 Å². The van der Waals surface area contributed by atoms with Gasteiger partial charge in [-0.15, -0.1) is 0 Å². The van der Waals surface area contributed by atoms with E-state index in [-0.39, 0.29) is 11.1 Å². The van der Waals surface area contributed by atoms with E-state index >= 15 is 0 Å². The first-order valence-corrected chi connectivity index (χ1v) is 5.79. The minimum absolute atomic E-state index is 0.0453. The van der Waals surface area contributed by atoms with Gasteiger partial charge in [-0.1, -0.05) is 17.7 Å². The molecule has 1 aliphatic heterocycles. The number of aliphatic hydroxyl groups is 1. The fraction of sp³-hybridized carbons (Fsp3) is 0.500. The number of rotatable bonds is 3. The third-order valence-electron chi connectivity index (χ3n) is 2.84. The molecule has 0 saturated carbocycles. The molecule has 1 N–H and O–H groups in total. The van der Waals surface area contributed by atoms with Gasteiger partial charge in [-0.3, -0.25) is 0 Å². The Bertz CT molecular complexity index is 364. The molecule has 16 heavy (non-hydrogen) atoms. The number of hydrogen-bond acceptors (Lipinski definition) is 2. The van der Waals surface area contributed by atoms with Crippen LogP contribution in [0.25, 0.3) is 0 Å². The molecule has 0 bridgehead atoms. The third kappa shape index (κ3) is 2.73. The normalized spacial score (nSPS) is 22.3. The van der Waals surface area contributed by atoms with E-state index in [2.05, 4.69) is 0 Å². The zero-order valence-corrected chi connectivity index (χ0v) is 9.58. The molecule has 0 amide bonds. The first-order valence-electron chi connectivity index (χ1n) is 5.41. The maximum Gasteiger partial charge on any atom is 0.141 e. The minimum atomic E-state index is -0.638. The summed E-state index contributed by atoms with van der Waals surface area (Å²) in [6, 6.07) is 4.30. The average molecular weight is 245 g/mol. The fourth-order valence-corrected chi connectivity index (χ4v) is 2.12. The molecule has 1 fully saturated rings. The smallest absolute Gasteiger partial charge is 0.141 e. The number of benzene rings is 1. The molecular formula is C12H14ClFO2. The van der Waals surface area contributed by atoms with Gasteiger partial charge in [0, 0.05) is 13.0 Å². The molecule has 1 aliphatic rings. The first-order chi connectivity index (χ1) is 7.66. The summed E-state index contributed by atoms with van der Waals surface area (Å²) < 4.78 is 18.4. The van der Waals surface area contributed by atoms with Crippen LogP contribution in [0.5, 0.6) is 0 Å². The summed E-state index contributed by atoms with van der Waals surface area (Å²) in [6.45, 7) is 0.765. The zero-order chi connectivity index (χ0) is 11.5. The molecule has 0 spiro atoms. The van der Waals surface area contributed by atoms with Crippen molar-refractivity contribution in [3.8, 4) is 0 Å². The van der Waals surface area contributed by atoms with Crippen LogP contribution in [0, 0.1) is 5.82 Å². The van der Waals surface area contributed by atoms with Crippen LogP contribution in [0.15, 0.2) is 18.2 Å². The maximum absolute atomic E-state index is 12.9. The lowest BCUT2D eigenvalue weighted by Crippen LogP contribution is -2.11. The van der Waals surface area contributed by atoms with E-state index < -0.39 is 11.9 Å². The van der Waals surface area contributed by atoms with Crippen LogP contribution in [0.3, 0.4) is 0 Å². The maximum atomic E-state index is 12.9. The van der Waals surface area contributed by atoms with E-state index in [1.165, 1.54) is 12.1 Å². The van der Waals surface area contributed by atoms with Crippen molar-refractivity contribution in [1.82, 2.24) is 0 Å². The Kier molecular flexibility index (Phi) is 3.79. The summed E-state index contributed by atoms with van der Waals surface area (Å²) in [5.74, 6) is -0.463. The molecule has 0 radical (unpaired) electrons. The first kappa shape index (κ1) is 11.8. The summed E-state index contributed by atoms with van der Waals surface area (Å²) in [5, 5.41) is 9.98. The fourth-order valence-electron chi connectivity index (χ4n) is 1.93. The molecular weight excluding hydrogens is 231 g/mol. The second-order valence-corrected chi connectivity index (χ2v) is 4.47. The number of hydrogen-bond donors (Lipinski definition) is 1. The Hall–Kier alpha value is -0.640. The molecule has 88 valence electrons. The Morgan fingerprint density at radius 2 is 2.38 bits per heavy atom. The summed E-state index contributed by atoms with van der Waals surface area (Å²) in [4.78, 5) is 0. The molecule has 1 aromatic rings. The van der Waals surface area contributed by atoms with Crippen LogP contribution in [0.1, 0.15) is 30.9 Å². The Morgan fingerprint density at radius 1 is 1.56 bits per heavy atom. The predicted octanol–water partition coefficient (Wildman–Crippen LogP) is 3.08. The number of halogens is 2. The molecule has 2 unspecified atom stereocenters. The molecule has 0 aromatic heterocycles. The Morgan fingerprint density at radius 3 is 3.00 bits per heavy atom. The van der Waals surface area contributed by atoms with Crippen LogP contribution < -0.4 is 0 Å². The van der Waals surface area contributed by atoms with Gasteiger partial charge in [0.25, 0.3) is 0 Å². The topological polar surface area (TPSA) is 29.5 Å². The molecule has 4 heteroatoms. The van der Waals surface area contributed by atoms with E-state index in [1.807, 2.05) is 0 Å². The van der Waals surface area contributed by atoms with Crippen molar-refractivity contribution in [1.29, 1.82) is 0 Å². The highest BCUT2D eigenvalue weighted by Gasteiger charge is 2.20. The minimum Gasteiger partial charge on any atom is -0.388 e. The van der Waals surface area contributed by atoms with Gasteiger partial charge in [0.2, 0.25) is 0 Å². The highest BCUT2D eigenvalue weighted by Crippen LogP contribution is 2.27. The highest BCUT2D eigenvalue weighted by atomic mass is 35.5. The molecule has 1 saturated heterocycles. The van der Waals surface area contributed by atoms with Gasteiger partial charge in [0.15, 0.2) is 0 Å². The Balaban J connectivity index is 2.02. The highest BCUT2D eigenvalue weighted by molar-refractivity contribution is 6.30. The van der Waals surface area contributed by atoms with Crippen molar-refractivity contribution >= 4 is 11.6 Å². The van der Waals surface area contributed by atoms with Crippen LogP contribution in [0.2, 0.25) is 5.02 Å². The predicted molar refractivity (Wildman–Crippen MR) is 60.0 cm³/mol. The van der Waals surface area contributed by atoms with E-state index in [0.29, 0.717) is 12.0 Å². The standard InChI is InChI=1S/C12H14ClFO2/c13-10-6-8(3-4-11(10)14)12(15)7-9-2-1-5-16-9/h3-4,6,9,12,15H,1-2,5,7H2. The summed E-state index contributed by atoms with van der Waals surface area (Å²) in [6.07, 6.45) is 2.04. The van der Waals surface area contributed by atoms with Crippen LogP contribution in [0.4, 0.5) is 4.39 Å². The van der Waals surface area contributed by atoms with Crippen LogP contribution in [-0.2, 0) is 4.74 Å². The van der Waals surface area contributed by atoms with Crippen molar-refractivity contribution in [3.63, 3.8) is 0 Å². The van der Waals surface area contributed by atoms with E-state index in [4.69, 9.17) is 16.3 Å². The lowest BCUT2D eigenvalue weighted by molar-refractivity contribution is 0.0535. The van der Waals surface area contributed by atoms with Gasteiger partial charge in [-0.2, -0.15) is 0 Å². The number of ether oxygens (including phenoxy) is 1. The van der Waals surface area contributed by atoms with Crippen molar-refractivity contribution in [2.24, 2.45) is 0 Å². The van der Waals surface area contributed by atoms with Gasteiger partial charge in [0.1, 0.15) is 5.82 Å². The number of aliphatic hydroxyl groups excluding tert-OH is 1. The Labute approximate surface area is 99.0 Å². The molecule has 2 rings (SSSR count). The third-order valence-corrected chi connectivity index (χ3v) is 3.13. The van der Waals surface area contributed by atoms with Gasteiger partial charge in [0.05, 0.1) is 17.2 Å². The van der Waals surface area contributed by atoms with Crippen molar-refractivity contribution < 1.29 is 14.2 Å². The zero-order valence-electron chi connectivity index (χ0n) is 8.83. The van der Waals surface area contributed by atoms with Crippen LogP contribution >= 0.6 is 11.6 Å². The van der Waals surface area contributed by atoms with Gasteiger partial charge >= 0.3 is 0 Å². The van der Waals surface area contributed by atoms with Gasteiger partial charge in [-0.25, -0.2) is 4.39 Å². The van der Waals surface area contributed by atoms with E-state index in [1.54, 1.807) is 6.07 Å². The van der Waals surface area contributed by atoms with Crippen LogP contribution in [-0.4, -0.2) is 17.8 Å². The summed E-state index contributed by atoms with van der Waals surface area (Å²) in [5.41, 5.74) is 0.641. The summed E-state index contributed by atoms with van der Waals surface area (Å²) >= 11 is 5.66. The lowest BCUT2D eigenvalue weighted by atomic mass is 10.0. The molecule has 1 heterocycles. The quantitative estimate of drug-likeness (QED) is 0.886.